The quantitative estimate of drug-likeness (QED) is 0.928. The van der Waals surface area contributed by atoms with Crippen molar-refractivity contribution in [1.29, 1.82) is 0 Å². The summed E-state index contributed by atoms with van der Waals surface area (Å²) in [4.78, 5) is 14.1. The van der Waals surface area contributed by atoms with Crippen molar-refractivity contribution in [1.82, 2.24) is 10.2 Å². The van der Waals surface area contributed by atoms with Crippen LogP contribution in [0.4, 0.5) is 0 Å². The van der Waals surface area contributed by atoms with Gasteiger partial charge < -0.3 is 10.2 Å². The number of rotatable bonds is 3. The lowest BCUT2D eigenvalue weighted by Gasteiger charge is -2.34. The van der Waals surface area contributed by atoms with Crippen LogP contribution in [0, 0.1) is 0 Å². The molecule has 1 N–H and O–H groups in total. The van der Waals surface area contributed by atoms with Gasteiger partial charge in [-0.3, -0.25) is 4.79 Å². The minimum absolute atomic E-state index is 0.268. The molecule has 0 spiro atoms. The predicted octanol–water partition coefficient (Wildman–Crippen LogP) is 2.20. The molecule has 1 fully saturated rings. The Kier molecular flexibility index (Phi) is 4.78. The fourth-order valence-electron chi connectivity index (χ4n) is 2.30. The van der Waals surface area contributed by atoms with Crippen molar-refractivity contribution in [3.63, 3.8) is 0 Å². The van der Waals surface area contributed by atoms with Crippen LogP contribution in [0.5, 0.6) is 0 Å². The Morgan fingerprint density at radius 1 is 1.56 bits per heavy atom. The van der Waals surface area contributed by atoms with Crippen molar-refractivity contribution in [3.8, 4) is 0 Å². The summed E-state index contributed by atoms with van der Waals surface area (Å²) in [5, 5.41) is 3.30. The van der Waals surface area contributed by atoms with Gasteiger partial charge in [-0.2, -0.15) is 0 Å². The monoisotopic (exact) mass is 310 g/mol. The normalized spacial score (nSPS) is 19.9. The molecule has 1 saturated heterocycles. The van der Waals surface area contributed by atoms with Crippen LogP contribution in [0.25, 0.3) is 0 Å². The second-order valence-corrected chi connectivity index (χ2v) is 5.69. The molecular weight excluding hydrogens is 292 g/mol. The number of hydrogen-bond donors (Lipinski definition) is 1. The molecule has 1 aliphatic rings. The number of nitrogens with one attached hydrogen (secondary N) is 1. The van der Waals surface area contributed by atoms with Crippen LogP contribution in [0.3, 0.4) is 0 Å². The zero-order chi connectivity index (χ0) is 13.0. The number of carbonyl (C=O) groups is 1. The number of amides is 1. The Balaban J connectivity index is 1.88. The third kappa shape index (κ3) is 3.56. The van der Waals surface area contributed by atoms with Gasteiger partial charge >= 0.3 is 0 Å². The molecule has 0 radical (unpaired) electrons. The van der Waals surface area contributed by atoms with Crippen LogP contribution in [0.1, 0.15) is 18.9 Å². The summed E-state index contributed by atoms with van der Waals surface area (Å²) < 4.78 is 1.07. The Bertz CT molecular complexity index is 422. The van der Waals surface area contributed by atoms with Crippen molar-refractivity contribution in [2.75, 3.05) is 19.6 Å². The number of benzene rings is 1. The zero-order valence-electron chi connectivity index (χ0n) is 10.7. The van der Waals surface area contributed by atoms with Gasteiger partial charge in [-0.1, -0.05) is 28.1 Å². The first kappa shape index (κ1) is 13.6. The Hall–Kier alpha value is -0.870. The van der Waals surface area contributed by atoms with Crippen LogP contribution < -0.4 is 5.32 Å². The maximum absolute atomic E-state index is 12.2. The highest BCUT2D eigenvalue weighted by molar-refractivity contribution is 9.10. The van der Waals surface area contributed by atoms with Gasteiger partial charge in [-0.15, -0.1) is 0 Å². The number of halogens is 1. The second kappa shape index (κ2) is 6.34. The number of nitrogens with zero attached hydrogens (tertiary/aromatic N) is 1. The van der Waals surface area contributed by atoms with E-state index < -0.39 is 0 Å². The van der Waals surface area contributed by atoms with E-state index in [9.17, 15) is 4.79 Å². The minimum Gasteiger partial charge on any atom is -0.337 e. The Morgan fingerprint density at radius 2 is 2.39 bits per heavy atom. The second-order valence-electron chi connectivity index (χ2n) is 4.77. The zero-order valence-corrected chi connectivity index (χ0v) is 12.2. The Labute approximate surface area is 117 Å². The molecule has 18 heavy (non-hydrogen) atoms. The smallest absolute Gasteiger partial charge is 0.223 e. The van der Waals surface area contributed by atoms with E-state index in [1.165, 1.54) is 5.56 Å². The molecule has 0 aromatic heterocycles. The van der Waals surface area contributed by atoms with Gasteiger partial charge in [0, 0.05) is 36.6 Å². The van der Waals surface area contributed by atoms with Crippen molar-refractivity contribution in [2.45, 2.75) is 25.8 Å². The average molecular weight is 311 g/mol. The van der Waals surface area contributed by atoms with E-state index in [4.69, 9.17) is 0 Å². The van der Waals surface area contributed by atoms with E-state index in [1.807, 2.05) is 17.0 Å². The lowest BCUT2D eigenvalue weighted by molar-refractivity contribution is -0.133. The number of piperazine rings is 1. The van der Waals surface area contributed by atoms with E-state index >= 15 is 0 Å². The SMILES string of the molecule is CC1CNCCN1C(=O)CCc1cccc(Br)c1. The summed E-state index contributed by atoms with van der Waals surface area (Å²) >= 11 is 3.45. The van der Waals surface area contributed by atoms with Crippen molar-refractivity contribution in [2.24, 2.45) is 0 Å². The first-order chi connectivity index (χ1) is 8.66. The largest absolute Gasteiger partial charge is 0.337 e. The molecule has 1 heterocycles. The molecule has 0 bridgehead atoms. The van der Waals surface area contributed by atoms with Gasteiger partial charge in [0.2, 0.25) is 5.91 Å². The van der Waals surface area contributed by atoms with Gasteiger partial charge in [0.1, 0.15) is 0 Å². The van der Waals surface area contributed by atoms with Crippen LogP contribution in [-0.2, 0) is 11.2 Å². The maximum atomic E-state index is 12.2. The predicted molar refractivity (Wildman–Crippen MR) is 76.5 cm³/mol. The molecule has 0 saturated carbocycles. The van der Waals surface area contributed by atoms with Crippen LogP contribution in [0.2, 0.25) is 0 Å². The lowest BCUT2D eigenvalue weighted by atomic mass is 10.1. The molecular formula is C14H19BrN2O. The average Bonchev–Trinajstić information content (AvgIpc) is 2.37. The van der Waals surface area contributed by atoms with E-state index in [0.29, 0.717) is 12.5 Å². The number of hydrogen-bond acceptors (Lipinski definition) is 2. The van der Waals surface area contributed by atoms with Gasteiger partial charge in [0.25, 0.3) is 0 Å². The van der Waals surface area contributed by atoms with E-state index in [0.717, 1.165) is 30.5 Å². The molecule has 1 aromatic rings. The van der Waals surface area contributed by atoms with E-state index in [1.54, 1.807) is 0 Å². The lowest BCUT2D eigenvalue weighted by Crippen LogP contribution is -2.52. The van der Waals surface area contributed by atoms with Gasteiger partial charge in [0.15, 0.2) is 0 Å². The van der Waals surface area contributed by atoms with Crippen LogP contribution in [0.15, 0.2) is 28.7 Å². The number of aryl methyl sites for hydroxylation is 1. The van der Waals surface area contributed by atoms with E-state index in [2.05, 4.69) is 40.3 Å². The van der Waals surface area contributed by atoms with Gasteiger partial charge in [-0.05, 0) is 31.0 Å². The Morgan fingerprint density at radius 3 is 3.11 bits per heavy atom. The standard InChI is InChI=1S/C14H19BrN2O/c1-11-10-16-7-8-17(11)14(18)6-5-12-3-2-4-13(15)9-12/h2-4,9,11,16H,5-8,10H2,1H3. The fraction of sp³-hybridized carbons (Fsp3) is 0.500. The topological polar surface area (TPSA) is 32.3 Å². The molecule has 1 unspecified atom stereocenters. The van der Waals surface area contributed by atoms with E-state index in [-0.39, 0.29) is 5.91 Å². The molecule has 4 heteroatoms. The first-order valence-electron chi connectivity index (χ1n) is 6.41. The molecule has 2 rings (SSSR count). The maximum Gasteiger partial charge on any atom is 0.223 e. The summed E-state index contributed by atoms with van der Waals surface area (Å²) in [7, 11) is 0. The molecule has 1 atom stereocenters. The highest BCUT2D eigenvalue weighted by atomic mass is 79.9. The summed E-state index contributed by atoms with van der Waals surface area (Å²) in [5.41, 5.74) is 1.21. The molecule has 1 aromatic carbocycles. The summed E-state index contributed by atoms with van der Waals surface area (Å²) in [6, 6.07) is 8.48. The number of carbonyl (C=O) groups excluding carboxylic acids is 1. The highest BCUT2D eigenvalue weighted by Crippen LogP contribution is 2.14. The first-order valence-corrected chi connectivity index (χ1v) is 7.21. The third-order valence-corrected chi connectivity index (χ3v) is 3.83. The minimum atomic E-state index is 0.268. The van der Waals surface area contributed by atoms with Crippen LogP contribution in [-0.4, -0.2) is 36.5 Å². The summed E-state index contributed by atoms with van der Waals surface area (Å²) in [6.45, 7) is 4.75. The molecule has 98 valence electrons. The molecule has 1 aliphatic heterocycles. The molecule has 1 amide bonds. The summed E-state index contributed by atoms with van der Waals surface area (Å²) in [5.74, 6) is 0.268. The van der Waals surface area contributed by atoms with Crippen molar-refractivity contribution < 1.29 is 4.79 Å². The van der Waals surface area contributed by atoms with Crippen molar-refractivity contribution >= 4 is 21.8 Å². The molecule has 0 aliphatic carbocycles. The third-order valence-electron chi connectivity index (χ3n) is 3.34. The summed E-state index contributed by atoms with van der Waals surface area (Å²) in [6.07, 6.45) is 1.41. The van der Waals surface area contributed by atoms with Gasteiger partial charge in [0.05, 0.1) is 0 Å². The molecule has 3 nitrogen and oxygen atoms in total. The van der Waals surface area contributed by atoms with Crippen LogP contribution >= 0.6 is 15.9 Å². The highest BCUT2D eigenvalue weighted by Gasteiger charge is 2.22. The van der Waals surface area contributed by atoms with Gasteiger partial charge in [-0.25, -0.2) is 0 Å². The fourth-order valence-corrected chi connectivity index (χ4v) is 2.75. The van der Waals surface area contributed by atoms with Crippen molar-refractivity contribution in [3.05, 3.63) is 34.3 Å².